The van der Waals surface area contributed by atoms with Gasteiger partial charge in [0.25, 0.3) is 5.91 Å². The van der Waals surface area contributed by atoms with Crippen molar-refractivity contribution in [2.45, 2.75) is 32.9 Å². The van der Waals surface area contributed by atoms with Gasteiger partial charge >= 0.3 is 0 Å². The van der Waals surface area contributed by atoms with Gasteiger partial charge in [0, 0.05) is 11.1 Å². The minimum atomic E-state index is -0.507. The first kappa shape index (κ1) is 21.0. The highest BCUT2D eigenvalue weighted by Gasteiger charge is 2.23. The van der Waals surface area contributed by atoms with E-state index in [0.29, 0.717) is 20.7 Å². The van der Waals surface area contributed by atoms with Crippen molar-refractivity contribution in [3.8, 4) is 5.69 Å². The number of carbonyl (C=O) groups excluding carboxylic acids is 2. The van der Waals surface area contributed by atoms with E-state index in [1.807, 2.05) is 52.1 Å². The smallest absolute Gasteiger partial charge is 0.266 e. The Morgan fingerprint density at radius 1 is 1.17 bits per heavy atom. The van der Waals surface area contributed by atoms with E-state index in [-0.39, 0.29) is 11.8 Å². The highest BCUT2D eigenvalue weighted by Crippen LogP contribution is 2.29. The van der Waals surface area contributed by atoms with Crippen molar-refractivity contribution in [2.75, 3.05) is 16.9 Å². The zero-order chi connectivity index (χ0) is 21.2. The molecular formula is C19H22N6O2S2. The van der Waals surface area contributed by atoms with Gasteiger partial charge in [-0.15, -0.1) is 16.4 Å². The molecule has 0 aliphatic heterocycles. The van der Waals surface area contributed by atoms with Gasteiger partial charge in [-0.3, -0.25) is 9.59 Å². The maximum absolute atomic E-state index is 12.8. The van der Waals surface area contributed by atoms with Crippen molar-refractivity contribution in [3.63, 3.8) is 0 Å². The molecule has 0 spiro atoms. The predicted octanol–water partition coefficient (Wildman–Crippen LogP) is 3.99. The van der Waals surface area contributed by atoms with Crippen LogP contribution < -0.4 is 10.6 Å². The molecule has 152 valence electrons. The molecule has 2 aromatic heterocycles. The summed E-state index contributed by atoms with van der Waals surface area (Å²) in [6.45, 7) is 7.38. The van der Waals surface area contributed by atoms with E-state index >= 15 is 0 Å². The van der Waals surface area contributed by atoms with Crippen LogP contribution in [0.2, 0.25) is 0 Å². The number of hydrogen-bond donors (Lipinski definition) is 2. The highest BCUT2D eigenvalue weighted by molar-refractivity contribution is 7.98. The molecule has 0 saturated carbocycles. The Morgan fingerprint density at radius 2 is 1.93 bits per heavy atom. The van der Waals surface area contributed by atoms with E-state index in [4.69, 9.17) is 0 Å². The molecule has 0 bridgehead atoms. The summed E-state index contributed by atoms with van der Waals surface area (Å²) in [4.78, 5) is 25.5. The van der Waals surface area contributed by atoms with Crippen LogP contribution in [0.3, 0.4) is 0 Å². The predicted molar refractivity (Wildman–Crippen MR) is 116 cm³/mol. The Kier molecular flexibility index (Phi) is 6.04. The maximum atomic E-state index is 12.8. The number of thiophene rings is 1. The molecule has 0 atom stereocenters. The topological polar surface area (TPSA) is 102 Å². The third-order valence-electron chi connectivity index (χ3n) is 4.01. The zero-order valence-electron chi connectivity index (χ0n) is 16.8. The van der Waals surface area contributed by atoms with Crippen LogP contribution in [0, 0.1) is 12.3 Å². The number of benzene rings is 1. The fraction of sp³-hybridized carbons (Fsp3) is 0.316. The number of carbonyl (C=O) groups is 2. The first-order valence-corrected chi connectivity index (χ1v) is 10.9. The molecule has 10 heteroatoms. The Bertz CT molecular complexity index is 1050. The number of thioether (sulfide) groups is 1. The minimum Gasteiger partial charge on any atom is -0.321 e. The van der Waals surface area contributed by atoms with Crippen LogP contribution in [0.25, 0.3) is 5.69 Å². The minimum absolute atomic E-state index is 0.0931. The molecule has 0 fully saturated rings. The number of nitrogens with zero attached hydrogens (tertiary/aromatic N) is 4. The van der Waals surface area contributed by atoms with Gasteiger partial charge < -0.3 is 10.6 Å². The number of tetrazole rings is 1. The lowest BCUT2D eigenvalue weighted by Crippen LogP contribution is -2.27. The Hall–Kier alpha value is -2.72. The lowest BCUT2D eigenvalue weighted by molar-refractivity contribution is -0.123. The standard InChI is InChI=1S/C19H22N6O2S2/c1-11-9-14(21-17(27)19(2,3)4)29-15(11)16(26)20-12-7-6-8-13(10-12)25-18(28-5)22-23-24-25/h6-10H,1-5H3,(H,20,26)(H,21,27). The lowest BCUT2D eigenvalue weighted by Gasteiger charge is -2.16. The number of amides is 2. The summed E-state index contributed by atoms with van der Waals surface area (Å²) in [5.74, 6) is -0.327. The van der Waals surface area contributed by atoms with Gasteiger partial charge in [-0.2, -0.15) is 4.68 Å². The summed E-state index contributed by atoms with van der Waals surface area (Å²) < 4.78 is 1.61. The monoisotopic (exact) mass is 430 g/mol. The van der Waals surface area contributed by atoms with Crippen molar-refractivity contribution in [1.29, 1.82) is 0 Å². The van der Waals surface area contributed by atoms with E-state index in [1.165, 1.54) is 23.1 Å². The summed E-state index contributed by atoms with van der Waals surface area (Å²) in [5.41, 5.74) is 1.67. The van der Waals surface area contributed by atoms with Gasteiger partial charge in [0.2, 0.25) is 11.1 Å². The Labute approximate surface area is 177 Å². The highest BCUT2D eigenvalue weighted by atomic mass is 32.2. The van der Waals surface area contributed by atoms with Gasteiger partial charge in [-0.25, -0.2) is 0 Å². The third-order valence-corrected chi connectivity index (χ3v) is 5.79. The molecule has 0 saturated heterocycles. The quantitative estimate of drug-likeness (QED) is 0.594. The number of rotatable bonds is 5. The molecule has 8 nitrogen and oxygen atoms in total. The number of aromatic nitrogens is 4. The van der Waals surface area contributed by atoms with E-state index < -0.39 is 5.41 Å². The number of nitrogens with one attached hydrogen (secondary N) is 2. The molecule has 0 aliphatic carbocycles. The molecule has 2 amide bonds. The second-order valence-corrected chi connectivity index (χ2v) is 9.23. The summed E-state index contributed by atoms with van der Waals surface area (Å²) in [6, 6.07) is 9.11. The van der Waals surface area contributed by atoms with Crippen molar-refractivity contribution >= 4 is 45.6 Å². The van der Waals surface area contributed by atoms with Crippen LogP contribution in [-0.4, -0.2) is 38.3 Å². The van der Waals surface area contributed by atoms with E-state index in [9.17, 15) is 9.59 Å². The molecule has 0 aliphatic rings. The van der Waals surface area contributed by atoms with E-state index in [1.54, 1.807) is 16.8 Å². The van der Waals surface area contributed by atoms with Crippen molar-refractivity contribution in [2.24, 2.45) is 5.41 Å². The lowest BCUT2D eigenvalue weighted by atomic mass is 9.96. The van der Waals surface area contributed by atoms with Gasteiger partial charge in [-0.1, -0.05) is 38.6 Å². The van der Waals surface area contributed by atoms with Crippen LogP contribution in [0.1, 0.15) is 36.0 Å². The second kappa shape index (κ2) is 8.34. The molecule has 2 heterocycles. The number of hydrogen-bond acceptors (Lipinski definition) is 7. The normalized spacial score (nSPS) is 11.3. The molecule has 0 radical (unpaired) electrons. The first-order chi connectivity index (χ1) is 13.7. The summed E-state index contributed by atoms with van der Waals surface area (Å²) in [6.07, 6.45) is 1.89. The molecule has 3 rings (SSSR count). The second-order valence-electron chi connectivity index (χ2n) is 7.41. The summed E-state index contributed by atoms with van der Waals surface area (Å²) in [7, 11) is 0. The largest absolute Gasteiger partial charge is 0.321 e. The van der Waals surface area contributed by atoms with E-state index in [0.717, 1.165) is 11.3 Å². The first-order valence-electron chi connectivity index (χ1n) is 8.85. The average Bonchev–Trinajstić information content (AvgIpc) is 3.27. The third kappa shape index (κ3) is 4.83. The SMILES string of the molecule is CSc1nnnn1-c1cccc(NC(=O)c2sc(NC(=O)C(C)(C)C)cc2C)c1. The van der Waals surface area contributed by atoms with Gasteiger partial charge in [-0.05, 0) is 53.4 Å². The fourth-order valence-electron chi connectivity index (χ4n) is 2.44. The Balaban J connectivity index is 1.77. The van der Waals surface area contributed by atoms with Crippen molar-refractivity contribution in [1.82, 2.24) is 20.2 Å². The molecule has 3 aromatic rings. The van der Waals surface area contributed by atoms with Gasteiger partial charge in [0.1, 0.15) is 0 Å². The van der Waals surface area contributed by atoms with Crippen LogP contribution in [0.5, 0.6) is 0 Å². The average molecular weight is 431 g/mol. The number of anilines is 2. The molecule has 0 unspecified atom stereocenters. The zero-order valence-corrected chi connectivity index (χ0v) is 18.4. The molecular weight excluding hydrogens is 408 g/mol. The van der Waals surface area contributed by atoms with Crippen molar-refractivity contribution in [3.05, 3.63) is 40.8 Å². The van der Waals surface area contributed by atoms with Crippen LogP contribution in [-0.2, 0) is 4.79 Å². The van der Waals surface area contributed by atoms with Crippen molar-refractivity contribution < 1.29 is 9.59 Å². The fourth-order valence-corrected chi connectivity index (χ4v) is 3.84. The molecule has 2 N–H and O–H groups in total. The van der Waals surface area contributed by atoms with Crippen LogP contribution >= 0.6 is 23.1 Å². The van der Waals surface area contributed by atoms with Gasteiger partial charge in [0.05, 0.1) is 15.6 Å². The maximum Gasteiger partial charge on any atom is 0.266 e. The van der Waals surface area contributed by atoms with Crippen LogP contribution in [0.15, 0.2) is 35.5 Å². The van der Waals surface area contributed by atoms with Gasteiger partial charge in [0.15, 0.2) is 0 Å². The summed E-state index contributed by atoms with van der Waals surface area (Å²) in [5, 5.41) is 18.7. The summed E-state index contributed by atoms with van der Waals surface area (Å²) >= 11 is 2.69. The molecule has 29 heavy (non-hydrogen) atoms. The van der Waals surface area contributed by atoms with Crippen LogP contribution in [0.4, 0.5) is 10.7 Å². The molecule has 1 aromatic carbocycles. The number of aryl methyl sites for hydroxylation is 1. The van der Waals surface area contributed by atoms with E-state index in [2.05, 4.69) is 26.2 Å². The Morgan fingerprint density at radius 3 is 2.62 bits per heavy atom.